The Labute approximate surface area is 112 Å². The van der Waals surface area contributed by atoms with Gasteiger partial charge in [-0.05, 0) is 6.92 Å². The minimum absolute atomic E-state index is 0.419. The number of carboxylic acids is 2. The van der Waals surface area contributed by atoms with Crippen LogP contribution in [0.15, 0.2) is 0 Å². The molecule has 20 heavy (non-hydrogen) atoms. The predicted molar refractivity (Wildman–Crippen MR) is 61.5 cm³/mol. The van der Waals surface area contributed by atoms with E-state index in [0.29, 0.717) is 0 Å². The second-order valence-corrected chi connectivity index (χ2v) is 4.15. The maximum absolute atomic E-state index is 11.8. The molecule has 1 saturated heterocycles. The maximum Gasteiger partial charge on any atom is 0.326 e. The fourth-order valence-corrected chi connectivity index (χ4v) is 1.57. The number of urea groups is 1. The summed E-state index contributed by atoms with van der Waals surface area (Å²) in [5.41, 5.74) is 0. The minimum atomic E-state index is -1.65. The van der Waals surface area contributed by atoms with E-state index in [-0.39, 0.29) is 0 Å². The van der Waals surface area contributed by atoms with Gasteiger partial charge in [0, 0.05) is 0 Å². The van der Waals surface area contributed by atoms with E-state index in [1.165, 1.54) is 6.92 Å². The highest BCUT2D eigenvalue weighted by molar-refractivity contribution is 6.04. The Hall–Kier alpha value is -2.65. The summed E-state index contributed by atoms with van der Waals surface area (Å²) >= 11 is 0. The number of rotatable bonds is 4. The fourth-order valence-electron chi connectivity index (χ4n) is 1.57. The van der Waals surface area contributed by atoms with E-state index in [2.05, 4.69) is 0 Å². The Bertz CT molecular complexity index is 475. The van der Waals surface area contributed by atoms with Crippen LogP contribution in [0.2, 0.25) is 0 Å². The average molecular weight is 287 g/mol. The van der Waals surface area contributed by atoms with Gasteiger partial charge in [-0.3, -0.25) is 19.7 Å². The average Bonchev–Trinajstić information content (AvgIpc) is 2.32. The lowest BCUT2D eigenvalue weighted by Crippen LogP contribution is -2.62. The van der Waals surface area contributed by atoms with E-state index in [1.807, 2.05) is 10.6 Å². The number of piperazine rings is 1. The zero-order valence-corrected chi connectivity index (χ0v) is 10.5. The monoisotopic (exact) mass is 287 g/mol. The maximum atomic E-state index is 11.8. The van der Waals surface area contributed by atoms with Crippen LogP contribution in [0.25, 0.3) is 0 Å². The molecule has 0 saturated carbocycles. The van der Waals surface area contributed by atoms with Crippen LogP contribution >= 0.6 is 0 Å². The molecule has 0 aliphatic carbocycles. The van der Waals surface area contributed by atoms with Gasteiger partial charge in [-0.2, -0.15) is 0 Å². The number of hydrogen-bond acceptors (Lipinski definition) is 5. The van der Waals surface area contributed by atoms with Crippen molar-refractivity contribution in [1.82, 2.24) is 15.5 Å². The Kier molecular flexibility index (Phi) is 4.62. The van der Waals surface area contributed by atoms with Crippen LogP contribution in [0.4, 0.5) is 4.79 Å². The molecular formula is C10H13N3O7. The fraction of sp³-hybridized carbons (Fsp3) is 0.500. The lowest BCUT2D eigenvalue weighted by molar-refractivity contribution is -0.145. The number of amides is 4. The first-order valence-corrected chi connectivity index (χ1v) is 5.57. The van der Waals surface area contributed by atoms with Gasteiger partial charge >= 0.3 is 18.0 Å². The highest BCUT2D eigenvalue weighted by atomic mass is 16.4. The van der Waals surface area contributed by atoms with E-state index in [9.17, 15) is 24.0 Å². The van der Waals surface area contributed by atoms with Crippen molar-refractivity contribution in [3.63, 3.8) is 0 Å². The Balaban J connectivity index is 2.77. The summed E-state index contributed by atoms with van der Waals surface area (Å²) in [5, 5.41) is 21.3. The molecule has 0 radical (unpaired) electrons. The number of carbonyl (C=O) groups is 5. The lowest BCUT2D eigenvalue weighted by atomic mass is 10.2. The Morgan fingerprint density at radius 1 is 1.40 bits per heavy atom. The summed E-state index contributed by atoms with van der Waals surface area (Å²) in [6.45, 7) is 0.937. The van der Waals surface area contributed by atoms with Crippen molar-refractivity contribution in [1.29, 1.82) is 0 Å². The molecule has 0 aromatic carbocycles. The lowest BCUT2D eigenvalue weighted by Gasteiger charge is -2.32. The van der Waals surface area contributed by atoms with E-state index in [0.717, 1.165) is 4.90 Å². The zero-order valence-electron chi connectivity index (χ0n) is 10.5. The number of hydrogen-bond donors (Lipinski definition) is 4. The SMILES string of the molecule is CC1C(=O)NC(=O)CN1C(=O)N[C@H](CC(=O)O)C(=O)O. The first-order chi connectivity index (χ1) is 9.22. The number of carbonyl (C=O) groups excluding carboxylic acids is 3. The summed E-state index contributed by atoms with van der Waals surface area (Å²) in [6.07, 6.45) is -0.816. The summed E-state index contributed by atoms with van der Waals surface area (Å²) in [6, 6.07) is -3.60. The highest BCUT2D eigenvalue weighted by Gasteiger charge is 2.35. The van der Waals surface area contributed by atoms with Gasteiger partial charge in [0.1, 0.15) is 18.6 Å². The predicted octanol–water partition coefficient (Wildman–Crippen LogP) is -2.03. The number of aliphatic carboxylic acids is 2. The standard InChI is InChI=1S/C10H13N3O7/c1-4-8(17)12-6(14)3-13(4)10(20)11-5(9(18)19)2-7(15)16/h4-5H,2-3H2,1H3,(H,11,20)(H,15,16)(H,18,19)(H,12,14,17)/t4?,5-/m1/s1. The van der Waals surface area contributed by atoms with Gasteiger partial charge in [0.15, 0.2) is 0 Å². The van der Waals surface area contributed by atoms with Crippen molar-refractivity contribution in [2.45, 2.75) is 25.4 Å². The van der Waals surface area contributed by atoms with Gasteiger partial charge in [-0.15, -0.1) is 0 Å². The molecule has 0 bridgehead atoms. The molecule has 10 nitrogen and oxygen atoms in total. The molecule has 1 unspecified atom stereocenters. The zero-order chi connectivity index (χ0) is 15.4. The number of nitrogens with zero attached hydrogens (tertiary/aromatic N) is 1. The molecule has 10 heteroatoms. The molecule has 4 N–H and O–H groups in total. The van der Waals surface area contributed by atoms with Crippen molar-refractivity contribution >= 4 is 29.8 Å². The smallest absolute Gasteiger partial charge is 0.326 e. The van der Waals surface area contributed by atoms with Crippen LogP contribution in [-0.2, 0) is 19.2 Å². The second kappa shape index (κ2) is 5.99. The van der Waals surface area contributed by atoms with E-state index < -0.39 is 54.8 Å². The summed E-state index contributed by atoms with van der Waals surface area (Å²) in [7, 11) is 0. The van der Waals surface area contributed by atoms with Crippen LogP contribution in [0.5, 0.6) is 0 Å². The molecule has 0 aromatic heterocycles. The molecule has 1 heterocycles. The number of carboxylic acid groups (broad SMARTS) is 2. The molecule has 0 spiro atoms. The Morgan fingerprint density at radius 3 is 2.50 bits per heavy atom. The minimum Gasteiger partial charge on any atom is -0.481 e. The quantitative estimate of drug-likeness (QED) is 0.435. The van der Waals surface area contributed by atoms with E-state index in [1.54, 1.807) is 0 Å². The van der Waals surface area contributed by atoms with E-state index in [4.69, 9.17) is 10.2 Å². The molecule has 110 valence electrons. The topological polar surface area (TPSA) is 153 Å². The third kappa shape index (κ3) is 3.67. The van der Waals surface area contributed by atoms with Crippen molar-refractivity contribution in [3.8, 4) is 0 Å². The number of imide groups is 1. The second-order valence-electron chi connectivity index (χ2n) is 4.15. The third-order valence-corrected chi connectivity index (χ3v) is 2.66. The highest BCUT2D eigenvalue weighted by Crippen LogP contribution is 2.06. The summed E-state index contributed by atoms with van der Waals surface area (Å²) < 4.78 is 0. The van der Waals surface area contributed by atoms with Crippen molar-refractivity contribution in [2.24, 2.45) is 0 Å². The molecule has 4 amide bonds. The first kappa shape index (κ1) is 15.4. The van der Waals surface area contributed by atoms with Gasteiger partial charge in [0.2, 0.25) is 11.8 Å². The van der Waals surface area contributed by atoms with Crippen molar-refractivity contribution in [3.05, 3.63) is 0 Å². The number of nitrogens with one attached hydrogen (secondary N) is 2. The van der Waals surface area contributed by atoms with Crippen molar-refractivity contribution in [2.75, 3.05) is 6.54 Å². The van der Waals surface area contributed by atoms with E-state index >= 15 is 0 Å². The van der Waals surface area contributed by atoms with Crippen LogP contribution < -0.4 is 10.6 Å². The van der Waals surface area contributed by atoms with Crippen LogP contribution in [0.3, 0.4) is 0 Å². The molecule has 1 aliphatic rings. The molecule has 2 atom stereocenters. The third-order valence-electron chi connectivity index (χ3n) is 2.66. The molecule has 1 fully saturated rings. The van der Waals surface area contributed by atoms with Gasteiger partial charge in [-0.25, -0.2) is 9.59 Å². The van der Waals surface area contributed by atoms with Gasteiger partial charge < -0.3 is 20.4 Å². The molecule has 1 rings (SSSR count). The largest absolute Gasteiger partial charge is 0.481 e. The van der Waals surface area contributed by atoms with Gasteiger partial charge in [0.25, 0.3) is 0 Å². The normalized spacial score (nSPS) is 20.1. The molecule has 1 aliphatic heterocycles. The molecular weight excluding hydrogens is 274 g/mol. The van der Waals surface area contributed by atoms with Gasteiger partial charge in [-0.1, -0.05) is 0 Å². The van der Waals surface area contributed by atoms with Crippen LogP contribution in [0, 0.1) is 0 Å². The van der Waals surface area contributed by atoms with Crippen LogP contribution in [-0.4, -0.2) is 63.5 Å². The first-order valence-electron chi connectivity index (χ1n) is 5.57. The Morgan fingerprint density at radius 2 is 2.00 bits per heavy atom. The van der Waals surface area contributed by atoms with Crippen molar-refractivity contribution < 1.29 is 34.2 Å². The van der Waals surface area contributed by atoms with Gasteiger partial charge in [0.05, 0.1) is 6.42 Å². The molecule has 0 aromatic rings. The summed E-state index contributed by atoms with van der Waals surface area (Å²) in [5.74, 6) is -4.32. The van der Waals surface area contributed by atoms with Crippen LogP contribution in [0.1, 0.15) is 13.3 Å². The summed E-state index contributed by atoms with van der Waals surface area (Å²) in [4.78, 5) is 56.5.